The first-order valence-corrected chi connectivity index (χ1v) is 7.56. The number of hydrogen-bond acceptors (Lipinski definition) is 3. The summed E-state index contributed by atoms with van der Waals surface area (Å²) in [4.78, 5) is 1.00. The maximum absolute atomic E-state index is 10.5. The molecule has 3 heteroatoms. The highest BCUT2D eigenvalue weighted by Crippen LogP contribution is 2.26. The van der Waals surface area contributed by atoms with Gasteiger partial charge in [0.2, 0.25) is 0 Å². The van der Waals surface area contributed by atoms with Gasteiger partial charge in [0.15, 0.2) is 0 Å². The van der Waals surface area contributed by atoms with Gasteiger partial charge in [-0.2, -0.15) is 0 Å². The smallest absolute Gasteiger partial charge is 0.108 e. The molecule has 2 aromatic rings. The fourth-order valence-corrected chi connectivity index (χ4v) is 2.96. The van der Waals surface area contributed by atoms with Gasteiger partial charge < -0.3 is 10.4 Å². The largest absolute Gasteiger partial charge is 0.383 e. The molecule has 1 heterocycles. The van der Waals surface area contributed by atoms with Crippen LogP contribution in [0.2, 0.25) is 0 Å². The van der Waals surface area contributed by atoms with Crippen molar-refractivity contribution in [2.24, 2.45) is 0 Å². The second-order valence-corrected chi connectivity index (χ2v) is 5.95. The molecule has 0 aliphatic rings. The van der Waals surface area contributed by atoms with Crippen molar-refractivity contribution in [2.45, 2.75) is 31.9 Å². The van der Waals surface area contributed by atoms with Crippen molar-refractivity contribution in [2.75, 3.05) is 6.54 Å². The Kier molecular flexibility index (Phi) is 4.75. The Morgan fingerprint density at radius 2 is 1.95 bits per heavy atom. The summed E-state index contributed by atoms with van der Waals surface area (Å²) < 4.78 is 0. The molecule has 2 rings (SSSR count). The molecule has 19 heavy (non-hydrogen) atoms. The zero-order chi connectivity index (χ0) is 13.7. The third kappa shape index (κ3) is 3.66. The summed E-state index contributed by atoms with van der Waals surface area (Å²) in [6.45, 7) is 4.58. The van der Waals surface area contributed by atoms with Crippen LogP contribution >= 0.6 is 11.3 Å². The van der Waals surface area contributed by atoms with E-state index in [1.807, 2.05) is 30.5 Å². The second kappa shape index (κ2) is 6.33. The molecule has 2 N–H and O–H groups in total. The number of nitrogens with one attached hydrogen (secondary N) is 1. The van der Waals surface area contributed by atoms with Crippen LogP contribution < -0.4 is 5.32 Å². The van der Waals surface area contributed by atoms with Crippen LogP contribution in [0.25, 0.3) is 0 Å². The maximum atomic E-state index is 10.5. The van der Waals surface area contributed by atoms with Crippen LogP contribution in [-0.2, 0) is 5.60 Å². The summed E-state index contributed by atoms with van der Waals surface area (Å²) in [6, 6.07) is 14.6. The van der Waals surface area contributed by atoms with Crippen LogP contribution in [0, 0.1) is 0 Å². The first kappa shape index (κ1) is 14.3. The minimum atomic E-state index is -0.809. The zero-order valence-corrected chi connectivity index (χ0v) is 12.3. The average molecular weight is 275 g/mol. The maximum Gasteiger partial charge on any atom is 0.108 e. The van der Waals surface area contributed by atoms with E-state index in [-0.39, 0.29) is 6.04 Å². The minimum Gasteiger partial charge on any atom is -0.383 e. The fourth-order valence-electron chi connectivity index (χ4n) is 2.18. The Hall–Kier alpha value is -1.16. The highest BCUT2D eigenvalue weighted by molar-refractivity contribution is 7.10. The Labute approximate surface area is 119 Å². The molecule has 0 bridgehead atoms. The van der Waals surface area contributed by atoms with E-state index in [2.05, 4.69) is 36.5 Å². The normalized spacial score (nSPS) is 15.9. The van der Waals surface area contributed by atoms with Crippen molar-refractivity contribution in [1.82, 2.24) is 5.32 Å². The van der Waals surface area contributed by atoms with E-state index in [1.165, 1.54) is 5.56 Å². The van der Waals surface area contributed by atoms with Gasteiger partial charge in [-0.05, 0) is 30.4 Å². The molecule has 1 aromatic heterocycles. The number of rotatable bonds is 6. The van der Waals surface area contributed by atoms with Gasteiger partial charge in [-0.3, -0.25) is 0 Å². The van der Waals surface area contributed by atoms with Crippen molar-refractivity contribution >= 4 is 11.3 Å². The highest BCUT2D eigenvalue weighted by atomic mass is 32.1. The van der Waals surface area contributed by atoms with E-state index in [1.54, 1.807) is 11.3 Å². The lowest BCUT2D eigenvalue weighted by molar-refractivity contribution is 0.0573. The van der Waals surface area contributed by atoms with Crippen molar-refractivity contribution in [1.29, 1.82) is 0 Å². The Bertz CT molecular complexity index is 479. The third-order valence-electron chi connectivity index (χ3n) is 3.35. The molecule has 0 aliphatic heterocycles. The van der Waals surface area contributed by atoms with Crippen LogP contribution in [0.5, 0.6) is 0 Å². The second-order valence-electron chi connectivity index (χ2n) is 5.00. The monoisotopic (exact) mass is 275 g/mol. The van der Waals surface area contributed by atoms with Crippen LogP contribution in [-0.4, -0.2) is 11.7 Å². The summed E-state index contributed by atoms with van der Waals surface area (Å²) in [5, 5.41) is 16.0. The van der Waals surface area contributed by atoms with Crippen LogP contribution in [0.3, 0.4) is 0 Å². The number of benzene rings is 1. The molecule has 0 fully saturated rings. The predicted molar refractivity (Wildman–Crippen MR) is 81.4 cm³/mol. The molecule has 0 saturated heterocycles. The summed E-state index contributed by atoms with van der Waals surface area (Å²) >= 11 is 1.59. The molecular weight excluding hydrogens is 254 g/mol. The van der Waals surface area contributed by atoms with E-state index in [9.17, 15) is 5.11 Å². The molecule has 0 amide bonds. The van der Waals surface area contributed by atoms with Crippen molar-refractivity contribution in [3.8, 4) is 0 Å². The summed E-state index contributed by atoms with van der Waals surface area (Å²) in [7, 11) is 0. The van der Waals surface area contributed by atoms with Crippen LogP contribution in [0.1, 0.15) is 36.8 Å². The van der Waals surface area contributed by atoms with Crippen molar-refractivity contribution < 1.29 is 5.11 Å². The Balaban J connectivity index is 2.01. The van der Waals surface area contributed by atoms with Crippen LogP contribution in [0.15, 0.2) is 47.8 Å². The zero-order valence-electron chi connectivity index (χ0n) is 11.5. The van der Waals surface area contributed by atoms with E-state index < -0.39 is 5.60 Å². The molecule has 0 spiro atoms. The van der Waals surface area contributed by atoms with E-state index in [4.69, 9.17) is 0 Å². The van der Waals surface area contributed by atoms with Crippen LogP contribution in [0.4, 0.5) is 0 Å². The number of thiophene rings is 1. The predicted octanol–water partition coefficient (Wildman–Crippen LogP) is 3.70. The first-order chi connectivity index (χ1) is 9.13. The third-order valence-corrected chi connectivity index (χ3v) is 4.48. The molecule has 1 aromatic carbocycles. The molecular formula is C16H21NOS. The summed E-state index contributed by atoms with van der Waals surface area (Å²) in [5.74, 6) is 0. The molecule has 0 radical (unpaired) electrons. The van der Waals surface area contributed by atoms with E-state index in [0.29, 0.717) is 6.54 Å². The number of aliphatic hydroxyl groups is 1. The SMILES string of the molecule is CCC(NCC(C)(O)c1cccs1)c1ccccc1. The lowest BCUT2D eigenvalue weighted by atomic mass is 10.0. The standard InChI is InChI=1S/C16H21NOS/c1-3-14(13-8-5-4-6-9-13)17-12-16(2,18)15-10-7-11-19-15/h4-11,14,17-18H,3,12H2,1-2H3. The fraction of sp³-hybridized carbons (Fsp3) is 0.375. The van der Waals surface area contributed by atoms with Crippen molar-refractivity contribution in [3.63, 3.8) is 0 Å². The van der Waals surface area contributed by atoms with Gasteiger partial charge >= 0.3 is 0 Å². The Morgan fingerprint density at radius 1 is 1.21 bits per heavy atom. The quantitative estimate of drug-likeness (QED) is 0.842. The van der Waals surface area contributed by atoms with Crippen molar-refractivity contribution in [3.05, 3.63) is 58.3 Å². The molecule has 2 nitrogen and oxygen atoms in total. The van der Waals surface area contributed by atoms with Gasteiger partial charge in [-0.1, -0.05) is 43.3 Å². The minimum absolute atomic E-state index is 0.285. The highest BCUT2D eigenvalue weighted by Gasteiger charge is 2.25. The Morgan fingerprint density at radius 3 is 2.53 bits per heavy atom. The summed E-state index contributed by atoms with van der Waals surface area (Å²) in [6.07, 6.45) is 1.00. The lowest BCUT2D eigenvalue weighted by Crippen LogP contribution is -2.36. The van der Waals surface area contributed by atoms with E-state index in [0.717, 1.165) is 11.3 Å². The van der Waals surface area contributed by atoms with E-state index >= 15 is 0 Å². The van der Waals surface area contributed by atoms with Gasteiger partial charge in [0.1, 0.15) is 5.60 Å². The summed E-state index contributed by atoms with van der Waals surface area (Å²) in [5.41, 5.74) is 0.461. The lowest BCUT2D eigenvalue weighted by Gasteiger charge is -2.26. The van der Waals surface area contributed by atoms with Gasteiger partial charge in [-0.25, -0.2) is 0 Å². The molecule has 2 atom stereocenters. The molecule has 2 unspecified atom stereocenters. The first-order valence-electron chi connectivity index (χ1n) is 6.68. The molecule has 0 saturated carbocycles. The van der Waals surface area contributed by atoms with Gasteiger partial charge in [0, 0.05) is 17.5 Å². The van der Waals surface area contributed by atoms with Gasteiger partial charge in [-0.15, -0.1) is 11.3 Å². The average Bonchev–Trinajstić information content (AvgIpc) is 2.95. The topological polar surface area (TPSA) is 32.3 Å². The molecule has 0 aliphatic carbocycles. The van der Waals surface area contributed by atoms with Gasteiger partial charge in [0.25, 0.3) is 0 Å². The number of hydrogen-bond donors (Lipinski definition) is 2. The molecule has 102 valence electrons. The van der Waals surface area contributed by atoms with Gasteiger partial charge in [0.05, 0.1) is 0 Å².